The van der Waals surface area contributed by atoms with Gasteiger partial charge >= 0.3 is 0 Å². The largest absolute Gasteiger partial charge is 0.396 e. The van der Waals surface area contributed by atoms with Crippen LogP contribution in [0.5, 0.6) is 0 Å². The maximum Gasteiger partial charge on any atom is 0.0941 e. The number of benzene rings is 1. The van der Waals surface area contributed by atoms with Gasteiger partial charge in [-0.05, 0) is 50.3 Å². The van der Waals surface area contributed by atoms with E-state index in [4.69, 9.17) is 28.9 Å². The molecule has 22 heavy (non-hydrogen) atoms. The number of halogens is 2. The first-order valence-corrected chi connectivity index (χ1v) is 8.84. The number of aliphatic hydroxyl groups is 1. The fraction of sp³-hybridized carbons (Fsp3) is 0.647. The second-order valence-corrected chi connectivity index (χ2v) is 7.30. The molecule has 0 spiro atoms. The van der Waals surface area contributed by atoms with E-state index in [1.165, 1.54) is 32.1 Å². The Kier molecular flexibility index (Phi) is 6.39. The van der Waals surface area contributed by atoms with E-state index in [1.54, 1.807) is 12.1 Å². The molecule has 0 heterocycles. The molecule has 124 valence electrons. The van der Waals surface area contributed by atoms with Gasteiger partial charge in [-0.2, -0.15) is 0 Å². The van der Waals surface area contributed by atoms with Crippen LogP contribution in [0.25, 0.3) is 0 Å². The summed E-state index contributed by atoms with van der Waals surface area (Å²) in [5, 5.41) is 14.9. The van der Waals surface area contributed by atoms with Crippen molar-refractivity contribution in [3.63, 3.8) is 0 Å². The smallest absolute Gasteiger partial charge is 0.0941 e. The number of anilines is 1. The Balaban J connectivity index is 2.00. The number of hydrogen-bond acceptors (Lipinski definition) is 3. The number of nitrogens with one attached hydrogen (secondary N) is 1. The maximum atomic E-state index is 10.6. The van der Waals surface area contributed by atoms with Crippen molar-refractivity contribution in [2.45, 2.75) is 64.1 Å². The summed E-state index contributed by atoms with van der Waals surface area (Å²) < 4.78 is 0. The molecule has 1 aliphatic carbocycles. The Morgan fingerprint density at radius 3 is 2.23 bits per heavy atom. The van der Waals surface area contributed by atoms with Crippen molar-refractivity contribution < 1.29 is 5.11 Å². The maximum absolute atomic E-state index is 10.6. The zero-order chi connectivity index (χ0) is 16.3. The van der Waals surface area contributed by atoms with Crippen LogP contribution in [0.15, 0.2) is 12.1 Å². The van der Waals surface area contributed by atoms with Gasteiger partial charge < -0.3 is 16.2 Å². The highest BCUT2D eigenvalue weighted by atomic mass is 35.5. The van der Waals surface area contributed by atoms with Crippen molar-refractivity contribution in [3.8, 4) is 0 Å². The summed E-state index contributed by atoms with van der Waals surface area (Å²) in [6, 6.07) is 3.70. The van der Waals surface area contributed by atoms with Crippen molar-refractivity contribution in [2.75, 3.05) is 5.73 Å². The van der Waals surface area contributed by atoms with Crippen molar-refractivity contribution in [2.24, 2.45) is 5.92 Å². The summed E-state index contributed by atoms with van der Waals surface area (Å²) in [5.41, 5.74) is 6.80. The highest BCUT2D eigenvalue weighted by molar-refractivity contribution is 6.38. The van der Waals surface area contributed by atoms with Crippen LogP contribution >= 0.6 is 23.2 Å². The molecule has 3 unspecified atom stereocenters. The average molecular weight is 345 g/mol. The number of nitrogen functional groups attached to an aromatic ring is 1. The first-order valence-electron chi connectivity index (χ1n) is 8.08. The predicted octanol–water partition coefficient (Wildman–Crippen LogP) is 4.56. The molecule has 0 saturated heterocycles. The van der Waals surface area contributed by atoms with Crippen molar-refractivity contribution >= 4 is 28.9 Å². The summed E-state index contributed by atoms with van der Waals surface area (Å²) >= 11 is 12.1. The topological polar surface area (TPSA) is 58.3 Å². The first-order chi connectivity index (χ1) is 10.4. The van der Waals surface area contributed by atoms with Gasteiger partial charge in [-0.25, -0.2) is 0 Å². The molecule has 1 fully saturated rings. The zero-order valence-corrected chi connectivity index (χ0v) is 14.8. The molecule has 3 nitrogen and oxygen atoms in total. The Labute approximate surface area is 143 Å². The Bertz CT molecular complexity index is 480. The molecule has 0 radical (unpaired) electrons. The van der Waals surface area contributed by atoms with Crippen LogP contribution in [-0.2, 0) is 0 Å². The highest BCUT2D eigenvalue weighted by Crippen LogP contribution is 2.33. The van der Waals surface area contributed by atoms with Crippen molar-refractivity contribution in [3.05, 3.63) is 27.7 Å². The molecule has 5 heteroatoms. The molecule has 1 aromatic rings. The number of hydrogen-bond donors (Lipinski definition) is 3. The molecule has 1 aromatic carbocycles. The van der Waals surface area contributed by atoms with E-state index in [-0.39, 0.29) is 6.04 Å². The van der Waals surface area contributed by atoms with Crippen LogP contribution < -0.4 is 11.1 Å². The summed E-state index contributed by atoms with van der Waals surface area (Å²) in [5.74, 6) is 0.696. The summed E-state index contributed by atoms with van der Waals surface area (Å²) in [6.07, 6.45) is 5.87. The van der Waals surface area contributed by atoms with Gasteiger partial charge in [0.1, 0.15) is 0 Å². The van der Waals surface area contributed by atoms with Crippen LogP contribution in [0, 0.1) is 5.92 Å². The molecule has 0 aromatic heterocycles. The second-order valence-electron chi connectivity index (χ2n) is 6.49. The third kappa shape index (κ3) is 4.29. The Hall–Kier alpha value is -0.480. The lowest BCUT2D eigenvalue weighted by Crippen LogP contribution is -2.43. The SMILES string of the molecule is CC(NC(C)C(O)c1cc(Cl)c(N)c(Cl)c1)C1CCCCC1. The Morgan fingerprint density at radius 2 is 1.68 bits per heavy atom. The van der Waals surface area contributed by atoms with Crippen LogP contribution in [-0.4, -0.2) is 17.2 Å². The highest BCUT2D eigenvalue weighted by Gasteiger charge is 2.25. The number of aliphatic hydroxyl groups excluding tert-OH is 1. The van der Waals surface area contributed by atoms with Gasteiger partial charge in [-0.3, -0.25) is 0 Å². The lowest BCUT2D eigenvalue weighted by molar-refractivity contribution is 0.120. The normalized spacial score (nSPS) is 20.6. The third-order valence-electron chi connectivity index (χ3n) is 4.80. The molecular weight excluding hydrogens is 319 g/mol. The second kappa shape index (κ2) is 7.87. The Morgan fingerprint density at radius 1 is 1.14 bits per heavy atom. The quantitative estimate of drug-likeness (QED) is 0.686. The van der Waals surface area contributed by atoms with E-state index in [2.05, 4.69) is 12.2 Å². The van der Waals surface area contributed by atoms with Crippen LogP contribution in [0.1, 0.15) is 57.6 Å². The van der Waals surface area contributed by atoms with E-state index >= 15 is 0 Å². The molecule has 0 amide bonds. The predicted molar refractivity (Wildman–Crippen MR) is 94.5 cm³/mol. The third-order valence-corrected chi connectivity index (χ3v) is 5.42. The average Bonchev–Trinajstić information content (AvgIpc) is 2.52. The van der Waals surface area contributed by atoms with Crippen molar-refractivity contribution in [1.29, 1.82) is 0 Å². The van der Waals surface area contributed by atoms with Gasteiger partial charge in [0.05, 0.1) is 21.8 Å². The van der Waals surface area contributed by atoms with Gasteiger partial charge in [0, 0.05) is 12.1 Å². The van der Waals surface area contributed by atoms with Gasteiger partial charge in [-0.1, -0.05) is 42.5 Å². The molecule has 4 N–H and O–H groups in total. The van der Waals surface area contributed by atoms with Gasteiger partial charge in [0.25, 0.3) is 0 Å². The molecule has 1 aliphatic rings. The lowest BCUT2D eigenvalue weighted by Gasteiger charge is -2.32. The van der Waals surface area contributed by atoms with Crippen LogP contribution in [0.3, 0.4) is 0 Å². The minimum Gasteiger partial charge on any atom is -0.396 e. The molecule has 1 saturated carbocycles. The van der Waals surface area contributed by atoms with Gasteiger partial charge in [0.2, 0.25) is 0 Å². The van der Waals surface area contributed by atoms with Crippen LogP contribution in [0.4, 0.5) is 5.69 Å². The van der Waals surface area contributed by atoms with Crippen LogP contribution in [0.2, 0.25) is 10.0 Å². The molecule has 2 rings (SSSR count). The summed E-state index contributed by atoms with van der Waals surface area (Å²) in [4.78, 5) is 0. The molecular formula is C17H26Cl2N2O. The van der Waals surface area contributed by atoms with Gasteiger partial charge in [0.15, 0.2) is 0 Å². The summed E-state index contributed by atoms with van der Waals surface area (Å²) in [7, 11) is 0. The fourth-order valence-corrected chi connectivity index (χ4v) is 3.84. The van der Waals surface area contributed by atoms with E-state index in [1.807, 2.05) is 6.92 Å². The van der Waals surface area contributed by atoms with Gasteiger partial charge in [-0.15, -0.1) is 0 Å². The van der Waals surface area contributed by atoms with E-state index in [0.717, 1.165) is 0 Å². The molecule has 3 atom stereocenters. The van der Waals surface area contributed by atoms with E-state index < -0.39 is 6.10 Å². The number of nitrogens with two attached hydrogens (primary N) is 1. The first kappa shape index (κ1) is 17.9. The zero-order valence-electron chi connectivity index (χ0n) is 13.3. The molecule has 0 bridgehead atoms. The van der Waals surface area contributed by atoms with Crippen molar-refractivity contribution in [1.82, 2.24) is 5.32 Å². The lowest BCUT2D eigenvalue weighted by atomic mass is 9.84. The summed E-state index contributed by atoms with van der Waals surface area (Å²) in [6.45, 7) is 4.20. The van der Waals surface area contributed by atoms with E-state index in [9.17, 15) is 5.11 Å². The monoisotopic (exact) mass is 344 g/mol. The molecule has 0 aliphatic heterocycles. The minimum absolute atomic E-state index is 0.0762. The fourth-order valence-electron chi connectivity index (χ4n) is 3.34. The minimum atomic E-state index is -0.665. The standard InChI is InChI=1S/C17H26Cl2N2O/c1-10(12-6-4-3-5-7-12)21-11(2)17(22)13-8-14(18)16(20)15(19)9-13/h8-12,17,21-22H,3-7,20H2,1-2H3. The van der Waals surface area contributed by atoms with E-state index in [0.29, 0.717) is 33.3 Å². The number of rotatable bonds is 5.